The fourth-order valence-corrected chi connectivity index (χ4v) is 1.75. The lowest BCUT2D eigenvalue weighted by Gasteiger charge is -2.05. The third-order valence-corrected chi connectivity index (χ3v) is 2.68. The average Bonchev–Trinajstić information content (AvgIpc) is 2.85. The lowest BCUT2D eigenvalue weighted by Crippen LogP contribution is -2.04. The topological polar surface area (TPSA) is 60.6 Å². The van der Waals surface area contributed by atoms with Crippen LogP contribution in [0.4, 0.5) is 0 Å². The van der Waals surface area contributed by atoms with Gasteiger partial charge in [0.05, 0.1) is 13.7 Å². The molecule has 6 heteroatoms. The highest BCUT2D eigenvalue weighted by atomic mass is 35.5. The van der Waals surface area contributed by atoms with E-state index in [-0.39, 0.29) is 6.79 Å². The third-order valence-electron chi connectivity index (χ3n) is 2.53. The van der Waals surface area contributed by atoms with Crippen LogP contribution in [0.2, 0.25) is 0 Å². The number of fused-ring (bicyclic) bond motifs is 1. The van der Waals surface area contributed by atoms with Crippen molar-refractivity contribution in [3.63, 3.8) is 0 Å². The molecule has 0 amide bonds. The van der Waals surface area contributed by atoms with Gasteiger partial charge in [-0.3, -0.25) is 0 Å². The maximum absolute atomic E-state index is 11.4. The van der Waals surface area contributed by atoms with Crippen LogP contribution in [0.15, 0.2) is 24.3 Å². The fourth-order valence-electron chi connectivity index (χ4n) is 1.64. The van der Waals surface area contributed by atoms with E-state index in [4.69, 9.17) is 21.1 Å². The maximum atomic E-state index is 11.4. The Labute approximate surface area is 115 Å². The van der Waals surface area contributed by atoms with Crippen LogP contribution in [0.3, 0.4) is 0 Å². The van der Waals surface area contributed by atoms with E-state index in [0.717, 1.165) is 10.9 Å². The van der Waals surface area contributed by atoms with Crippen LogP contribution in [0.25, 0.3) is 10.9 Å². The van der Waals surface area contributed by atoms with E-state index < -0.39 is 5.97 Å². The molecular formula is C13H14ClNO4. The first-order valence-corrected chi connectivity index (χ1v) is 6.25. The Hall–Kier alpha value is -1.72. The minimum Gasteiger partial charge on any atom is -0.467 e. The van der Waals surface area contributed by atoms with E-state index in [1.165, 1.54) is 7.11 Å². The number of hydrogen-bond acceptors (Lipinski definition) is 4. The summed E-state index contributed by atoms with van der Waals surface area (Å²) in [4.78, 5) is 14.4. The van der Waals surface area contributed by atoms with Crippen molar-refractivity contribution < 1.29 is 19.0 Å². The number of benzene rings is 1. The Morgan fingerprint density at radius 2 is 2.21 bits per heavy atom. The van der Waals surface area contributed by atoms with Crippen LogP contribution in [0, 0.1) is 0 Å². The normalized spacial score (nSPS) is 10.6. The Bertz CT molecular complexity index is 567. The second-order valence-corrected chi connectivity index (χ2v) is 4.16. The number of carbonyl (C=O) groups is 1. The van der Waals surface area contributed by atoms with Crippen molar-refractivity contribution in [2.45, 2.75) is 0 Å². The Morgan fingerprint density at radius 1 is 1.37 bits per heavy atom. The van der Waals surface area contributed by atoms with Crippen molar-refractivity contribution >= 4 is 28.5 Å². The molecule has 2 rings (SSSR count). The number of aromatic nitrogens is 1. The first-order chi connectivity index (χ1) is 9.24. The summed E-state index contributed by atoms with van der Waals surface area (Å²) in [6, 6.07) is 7.19. The number of esters is 1. The number of carbonyl (C=O) groups excluding carboxylic acids is 1. The molecule has 1 heterocycles. The molecule has 0 unspecified atom stereocenters. The number of aromatic amines is 1. The van der Waals surface area contributed by atoms with Crippen molar-refractivity contribution in [1.29, 1.82) is 0 Å². The zero-order valence-electron chi connectivity index (χ0n) is 10.4. The molecule has 0 aliphatic carbocycles. The molecule has 1 N–H and O–H groups in total. The molecule has 0 atom stereocenters. The predicted molar refractivity (Wildman–Crippen MR) is 71.8 cm³/mol. The highest BCUT2D eigenvalue weighted by Crippen LogP contribution is 2.21. The van der Waals surface area contributed by atoms with Gasteiger partial charge < -0.3 is 19.2 Å². The Morgan fingerprint density at radius 3 is 2.95 bits per heavy atom. The smallest absolute Gasteiger partial charge is 0.354 e. The molecular weight excluding hydrogens is 270 g/mol. The van der Waals surface area contributed by atoms with E-state index in [9.17, 15) is 4.79 Å². The highest BCUT2D eigenvalue weighted by Gasteiger charge is 2.09. The zero-order valence-corrected chi connectivity index (χ0v) is 11.2. The van der Waals surface area contributed by atoms with Gasteiger partial charge in [-0.1, -0.05) is 0 Å². The van der Waals surface area contributed by atoms with Gasteiger partial charge in [-0.15, -0.1) is 11.6 Å². The molecule has 5 nitrogen and oxygen atoms in total. The second-order valence-electron chi connectivity index (χ2n) is 3.78. The monoisotopic (exact) mass is 283 g/mol. The largest absolute Gasteiger partial charge is 0.467 e. The van der Waals surface area contributed by atoms with E-state index in [1.54, 1.807) is 18.2 Å². The molecule has 1 aromatic heterocycles. The van der Waals surface area contributed by atoms with Crippen LogP contribution in [0.5, 0.6) is 5.75 Å². The van der Waals surface area contributed by atoms with Gasteiger partial charge in [0.2, 0.25) is 0 Å². The molecule has 0 bridgehead atoms. The zero-order chi connectivity index (χ0) is 13.7. The van der Waals surface area contributed by atoms with Crippen LogP contribution < -0.4 is 4.74 Å². The summed E-state index contributed by atoms with van der Waals surface area (Å²) in [5, 5.41) is 0.912. The minimum absolute atomic E-state index is 0.142. The van der Waals surface area contributed by atoms with E-state index in [0.29, 0.717) is 23.9 Å². The molecule has 102 valence electrons. The van der Waals surface area contributed by atoms with Crippen molar-refractivity contribution in [2.24, 2.45) is 0 Å². The standard InChI is InChI=1S/C13H14ClNO4/c1-17-13(16)12-6-9-2-3-10(7-11(9)15-12)19-8-18-5-4-14/h2-3,6-7,15H,4-5,8H2,1H3. The third kappa shape index (κ3) is 3.39. The lowest BCUT2D eigenvalue weighted by atomic mass is 10.2. The summed E-state index contributed by atoms with van der Waals surface area (Å²) < 4.78 is 15.2. The first-order valence-electron chi connectivity index (χ1n) is 5.72. The summed E-state index contributed by atoms with van der Waals surface area (Å²) in [6.07, 6.45) is 0. The summed E-state index contributed by atoms with van der Waals surface area (Å²) in [7, 11) is 1.34. The summed E-state index contributed by atoms with van der Waals surface area (Å²) in [6.45, 7) is 0.585. The van der Waals surface area contributed by atoms with Gasteiger partial charge in [-0.05, 0) is 18.2 Å². The number of nitrogens with one attached hydrogen (secondary N) is 1. The van der Waals surface area contributed by atoms with Gasteiger partial charge in [0.25, 0.3) is 0 Å². The van der Waals surface area contributed by atoms with E-state index in [2.05, 4.69) is 9.72 Å². The number of ether oxygens (including phenoxy) is 3. The van der Waals surface area contributed by atoms with Gasteiger partial charge in [-0.2, -0.15) is 0 Å². The summed E-state index contributed by atoms with van der Waals surface area (Å²) in [5.74, 6) is 0.686. The minimum atomic E-state index is -0.399. The van der Waals surface area contributed by atoms with Gasteiger partial charge in [-0.25, -0.2) is 4.79 Å². The van der Waals surface area contributed by atoms with E-state index >= 15 is 0 Å². The van der Waals surface area contributed by atoms with Crippen molar-refractivity contribution in [3.05, 3.63) is 30.0 Å². The number of alkyl halides is 1. The summed E-state index contributed by atoms with van der Waals surface area (Å²) in [5.41, 5.74) is 1.21. The Balaban J connectivity index is 2.09. The molecule has 1 aromatic carbocycles. The quantitative estimate of drug-likeness (QED) is 0.383. The molecule has 0 aliphatic heterocycles. The van der Waals surface area contributed by atoms with E-state index in [1.807, 2.05) is 6.07 Å². The lowest BCUT2D eigenvalue weighted by molar-refractivity contribution is 0.0235. The predicted octanol–water partition coefficient (Wildman–Crippen LogP) is 2.55. The average molecular weight is 284 g/mol. The van der Waals surface area contributed by atoms with Crippen molar-refractivity contribution in [2.75, 3.05) is 26.4 Å². The molecule has 0 fully saturated rings. The van der Waals surface area contributed by atoms with Crippen molar-refractivity contribution in [3.8, 4) is 5.75 Å². The van der Waals surface area contributed by atoms with Crippen LogP contribution in [0.1, 0.15) is 10.5 Å². The number of halogens is 1. The first kappa shape index (κ1) is 13.7. The molecule has 0 saturated carbocycles. The van der Waals surface area contributed by atoms with Gasteiger partial charge >= 0.3 is 5.97 Å². The molecule has 0 aliphatic rings. The maximum Gasteiger partial charge on any atom is 0.354 e. The second kappa shape index (κ2) is 6.45. The number of methoxy groups -OCH3 is 1. The van der Waals surface area contributed by atoms with Crippen LogP contribution in [-0.4, -0.2) is 37.3 Å². The molecule has 2 aromatic rings. The van der Waals surface area contributed by atoms with Gasteiger partial charge in [0.1, 0.15) is 11.4 Å². The highest BCUT2D eigenvalue weighted by molar-refractivity contribution is 6.17. The SMILES string of the molecule is COC(=O)c1cc2ccc(OCOCCCl)cc2[nH]1. The number of hydrogen-bond donors (Lipinski definition) is 1. The number of H-pyrrole nitrogens is 1. The molecule has 19 heavy (non-hydrogen) atoms. The Kier molecular flexibility index (Phi) is 4.65. The van der Waals surface area contributed by atoms with Gasteiger partial charge in [0.15, 0.2) is 6.79 Å². The van der Waals surface area contributed by atoms with Crippen molar-refractivity contribution in [1.82, 2.24) is 4.98 Å². The van der Waals surface area contributed by atoms with Gasteiger partial charge in [0, 0.05) is 22.8 Å². The fraction of sp³-hybridized carbons (Fsp3) is 0.308. The summed E-state index contributed by atoms with van der Waals surface area (Å²) >= 11 is 5.48. The number of rotatable bonds is 6. The molecule has 0 spiro atoms. The van der Waals surface area contributed by atoms with Crippen LogP contribution in [-0.2, 0) is 9.47 Å². The van der Waals surface area contributed by atoms with Crippen LogP contribution >= 0.6 is 11.6 Å². The molecule has 0 radical (unpaired) electrons. The molecule has 0 saturated heterocycles.